The zero-order chi connectivity index (χ0) is 11.7. The molecule has 1 unspecified atom stereocenters. The third-order valence-corrected chi connectivity index (χ3v) is 4.68. The standard InChI is InChI=1S/C11H17NO3S/c1-7-4-12(5-9(7)11(14)15)10(13)8-2-3-16-6-8/h7-9H,2-6H2,1H3,(H,14,15)/t7-,8?,9-/m1/s1. The predicted octanol–water partition coefficient (Wildman–Crippen LogP) is 0.919. The molecule has 0 aromatic heterocycles. The maximum atomic E-state index is 12.1. The van der Waals surface area contributed by atoms with Gasteiger partial charge in [-0.3, -0.25) is 9.59 Å². The molecule has 0 aromatic rings. The van der Waals surface area contributed by atoms with Crippen LogP contribution in [0.2, 0.25) is 0 Å². The number of carbonyl (C=O) groups is 2. The Morgan fingerprint density at radius 3 is 2.62 bits per heavy atom. The summed E-state index contributed by atoms with van der Waals surface area (Å²) in [7, 11) is 0. The lowest BCUT2D eigenvalue weighted by atomic mass is 9.99. The number of carboxylic acids is 1. The zero-order valence-electron chi connectivity index (χ0n) is 9.39. The van der Waals surface area contributed by atoms with E-state index in [-0.39, 0.29) is 23.7 Å². The first-order chi connectivity index (χ1) is 7.59. The molecular weight excluding hydrogens is 226 g/mol. The highest BCUT2D eigenvalue weighted by atomic mass is 32.2. The lowest BCUT2D eigenvalue weighted by Crippen LogP contribution is -2.35. The fourth-order valence-corrected chi connectivity index (χ4v) is 3.67. The molecule has 2 heterocycles. The summed E-state index contributed by atoms with van der Waals surface area (Å²) in [6.07, 6.45) is 0.951. The number of carbonyl (C=O) groups excluding carboxylic acids is 1. The maximum Gasteiger partial charge on any atom is 0.308 e. The Morgan fingerprint density at radius 2 is 2.12 bits per heavy atom. The topological polar surface area (TPSA) is 57.6 Å². The van der Waals surface area contributed by atoms with E-state index in [1.165, 1.54) is 0 Å². The molecule has 0 spiro atoms. The van der Waals surface area contributed by atoms with E-state index in [0.717, 1.165) is 17.9 Å². The van der Waals surface area contributed by atoms with Gasteiger partial charge in [-0.2, -0.15) is 11.8 Å². The molecule has 0 aliphatic carbocycles. The van der Waals surface area contributed by atoms with Crippen molar-refractivity contribution < 1.29 is 14.7 Å². The molecule has 2 saturated heterocycles. The molecule has 90 valence electrons. The average molecular weight is 243 g/mol. The Balaban J connectivity index is 1.96. The molecule has 2 aliphatic heterocycles. The van der Waals surface area contributed by atoms with Crippen LogP contribution in [0.5, 0.6) is 0 Å². The fourth-order valence-electron chi connectivity index (χ4n) is 2.46. The molecular formula is C11H17NO3S. The summed E-state index contributed by atoms with van der Waals surface area (Å²) >= 11 is 1.81. The van der Waals surface area contributed by atoms with E-state index in [2.05, 4.69) is 0 Å². The Kier molecular flexibility index (Phi) is 3.42. The van der Waals surface area contributed by atoms with Crippen LogP contribution in [0.4, 0.5) is 0 Å². The summed E-state index contributed by atoms with van der Waals surface area (Å²) in [6.45, 7) is 2.92. The van der Waals surface area contributed by atoms with Crippen LogP contribution in [0, 0.1) is 17.8 Å². The Hall–Kier alpha value is -0.710. The van der Waals surface area contributed by atoms with Crippen LogP contribution in [0.3, 0.4) is 0 Å². The largest absolute Gasteiger partial charge is 0.481 e. The van der Waals surface area contributed by atoms with Crippen LogP contribution < -0.4 is 0 Å². The number of aliphatic carboxylic acids is 1. The van der Waals surface area contributed by atoms with E-state index in [1.807, 2.05) is 18.7 Å². The van der Waals surface area contributed by atoms with Crippen molar-refractivity contribution in [2.45, 2.75) is 13.3 Å². The number of likely N-dealkylation sites (tertiary alicyclic amines) is 1. The van der Waals surface area contributed by atoms with Gasteiger partial charge in [-0.15, -0.1) is 0 Å². The van der Waals surface area contributed by atoms with Crippen LogP contribution >= 0.6 is 11.8 Å². The van der Waals surface area contributed by atoms with Crippen LogP contribution in [0.15, 0.2) is 0 Å². The minimum atomic E-state index is -0.774. The van der Waals surface area contributed by atoms with E-state index in [1.54, 1.807) is 4.90 Å². The fraction of sp³-hybridized carbons (Fsp3) is 0.818. The van der Waals surface area contributed by atoms with E-state index in [0.29, 0.717) is 13.1 Å². The number of hydrogen-bond acceptors (Lipinski definition) is 3. The van der Waals surface area contributed by atoms with Crippen LogP contribution in [-0.2, 0) is 9.59 Å². The number of nitrogens with zero attached hydrogens (tertiary/aromatic N) is 1. The summed E-state index contributed by atoms with van der Waals surface area (Å²) in [5.74, 6) is 1.19. The smallest absolute Gasteiger partial charge is 0.308 e. The third kappa shape index (κ3) is 2.19. The van der Waals surface area contributed by atoms with Crippen molar-refractivity contribution in [3.8, 4) is 0 Å². The molecule has 0 saturated carbocycles. The quantitative estimate of drug-likeness (QED) is 0.783. The molecule has 1 amide bonds. The second-order valence-corrected chi connectivity index (χ2v) is 5.88. The lowest BCUT2D eigenvalue weighted by Gasteiger charge is -2.19. The van der Waals surface area contributed by atoms with Crippen molar-refractivity contribution in [1.82, 2.24) is 4.90 Å². The number of amides is 1. The van der Waals surface area contributed by atoms with Crippen molar-refractivity contribution >= 4 is 23.6 Å². The molecule has 3 atom stereocenters. The van der Waals surface area contributed by atoms with Gasteiger partial charge in [0.25, 0.3) is 0 Å². The molecule has 0 bridgehead atoms. The average Bonchev–Trinajstić information content (AvgIpc) is 2.84. The summed E-state index contributed by atoms with van der Waals surface area (Å²) < 4.78 is 0. The van der Waals surface area contributed by atoms with Gasteiger partial charge >= 0.3 is 5.97 Å². The lowest BCUT2D eigenvalue weighted by molar-refractivity contribution is -0.142. The van der Waals surface area contributed by atoms with E-state index in [4.69, 9.17) is 5.11 Å². The highest BCUT2D eigenvalue weighted by molar-refractivity contribution is 7.99. The summed E-state index contributed by atoms with van der Waals surface area (Å²) in [4.78, 5) is 24.8. The molecule has 1 N–H and O–H groups in total. The molecule has 4 nitrogen and oxygen atoms in total. The molecule has 16 heavy (non-hydrogen) atoms. The number of thioether (sulfide) groups is 1. The van der Waals surface area contributed by atoms with Gasteiger partial charge < -0.3 is 10.0 Å². The van der Waals surface area contributed by atoms with Crippen LogP contribution in [-0.4, -0.2) is 46.5 Å². The third-order valence-electron chi connectivity index (χ3n) is 3.52. The van der Waals surface area contributed by atoms with Gasteiger partial charge in [0.15, 0.2) is 0 Å². The SMILES string of the molecule is C[C@@H]1CN(C(=O)C2CCSC2)C[C@H]1C(=O)O. The van der Waals surface area contributed by atoms with Crippen LogP contribution in [0.25, 0.3) is 0 Å². The second kappa shape index (κ2) is 4.65. The maximum absolute atomic E-state index is 12.1. The summed E-state index contributed by atoms with van der Waals surface area (Å²) in [5, 5.41) is 9.01. The van der Waals surface area contributed by atoms with Crippen molar-refractivity contribution in [3.63, 3.8) is 0 Å². The Labute approximate surface area is 99.4 Å². The number of hydrogen-bond donors (Lipinski definition) is 1. The van der Waals surface area contributed by atoms with Gasteiger partial charge in [0.05, 0.1) is 5.92 Å². The number of rotatable bonds is 2. The molecule has 0 radical (unpaired) electrons. The predicted molar refractivity (Wildman–Crippen MR) is 62.3 cm³/mol. The summed E-state index contributed by atoms with van der Waals surface area (Å²) in [6, 6.07) is 0. The first-order valence-electron chi connectivity index (χ1n) is 5.69. The van der Waals surface area contributed by atoms with Crippen molar-refractivity contribution in [3.05, 3.63) is 0 Å². The van der Waals surface area contributed by atoms with Crippen molar-refractivity contribution in [2.24, 2.45) is 17.8 Å². The van der Waals surface area contributed by atoms with Crippen molar-refractivity contribution in [2.75, 3.05) is 24.6 Å². The van der Waals surface area contributed by atoms with E-state index < -0.39 is 5.97 Å². The molecule has 2 aliphatic rings. The zero-order valence-corrected chi connectivity index (χ0v) is 10.2. The Morgan fingerprint density at radius 1 is 1.38 bits per heavy atom. The highest BCUT2D eigenvalue weighted by Gasteiger charge is 2.39. The van der Waals surface area contributed by atoms with E-state index in [9.17, 15) is 9.59 Å². The summed E-state index contributed by atoms with van der Waals surface area (Å²) in [5.41, 5.74) is 0. The molecule has 0 aromatic carbocycles. The van der Waals surface area contributed by atoms with Gasteiger partial charge in [-0.1, -0.05) is 6.92 Å². The van der Waals surface area contributed by atoms with Gasteiger partial charge in [0.1, 0.15) is 0 Å². The van der Waals surface area contributed by atoms with Gasteiger partial charge in [0.2, 0.25) is 5.91 Å². The van der Waals surface area contributed by atoms with Gasteiger partial charge in [-0.25, -0.2) is 0 Å². The van der Waals surface area contributed by atoms with Crippen molar-refractivity contribution in [1.29, 1.82) is 0 Å². The van der Waals surface area contributed by atoms with Crippen LogP contribution in [0.1, 0.15) is 13.3 Å². The molecule has 5 heteroatoms. The first kappa shape index (κ1) is 11.8. The molecule has 2 fully saturated rings. The second-order valence-electron chi connectivity index (χ2n) is 4.73. The highest BCUT2D eigenvalue weighted by Crippen LogP contribution is 2.29. The normalized spacial score (nSPS) is 34.3. The minimum Gasteiger partial charge on any atom is -0.481 e. The number of carboxylic acid groups (broad SMARTS) is 1. The van der Waals surface area contributed by atoms with E-state index >= 15 is 0 Å². The van der Waals surface area contributed by atoms with Gasteiger partial charge in [0, 0.05) is 24.8 Å². The monoisotopic (exact) mass is 243 g/mol. The first-order valence-corrected chi connectivity index (χ1v) is 6.84. The molecule has 2 rings (SSSR count). The Bertz CT molecular complexity index is 302. The van der Waals surface area contributed by atoms with Gasteiger partial charge in [-0.05, 0) is 18.1 Å². The minimum absolute atomic E-state index is 0.0792.